The number of aryl methyl sites for hydroxylation is 1. The Labute approximate surface area is 262 Å². The Bertz CT molecular complexity index is 1520. The van der Waals surface area contributed by atoms with Crippen LogP contribution in [0, 0.1) is 20.8 Å². The molecule has 1 aliphatic heterocycles. The van der Waals surface area contributed by atoms with Crippen LogP contribution in [0.3, 0.4) is 0 Å². The standard InChI is InChI=1S/C32H31NO2S.C4H10O.C2H6/c1-20-14-16-24(17-15-20)30-22(3)31-26-13-9-8-12-25(26)28(18-23-10-6-5-7-11-23)33(36-4)32(31)21(2)27(30)19-29(34)35;1-4(2,3)5;1-2/h5-17,28H,18-19H2,1-4H3,(H,34,35);5H,1-3H3;1-2H3/t28-;;/m0../s1. The van der Waals surface area contributed by atoms with Crippen molar-refractivity contribution in [2.75, 3.05) is 10.6 Å². The lowest BCUT2D eigenvalue weighted by Gasteiger charge is -2.41. The highest BCUT2D eigenvalue weighted by molar-refractivity contribution is 8.00. The molecule has 0 spiro atoms. The lowest BCUT2D eigenvalue weighted by Crippen LogP contribution is -2.29. The summed E-state index contributed by atoms with van der Waals surface area (Å²) in [5, 5.41) is 18.4. The van der Waals surface area contributed by atoms with Crippen LogP contribution in [0.2, 0.25) is 0 Å². The van der Waals surface area contributed by atoms with Crippen molar-refractivity contribution in [1.82, 2.24) is 0 Å². The predicted octanol–water partition coefficient (Wildman–Crippen LogP) is 9.76. The number of aliphatic hydroxyl groups is 1. The van der Waals surface area contributed by atoms with E-state index in [1.165, 1.54) is 27.8 Å². The average molecular weight is 598 g/mol. The molecule has 4 aromatic rings. The number of hydrogen-bond acceptors (Lipinski definition) is 4. The molecule has 0 fully saturated rings. The van der Waals surface area contributed by atoms with Gasteiger partial charge in [0.15, 0.2) is 0 Å². The van der Waals surface area contributed by atoms with E-state index in [0.29, 0.717) is 0 Å². The summed E-state index contributed by atoms with van der Waals surface area (Å²) in [6.07, 6.45) is 3.00. The van der Waals surface area contributed by atoms with Gasteiger partial charge in [0, 0.05) is 11.8 Å². The van der Waals surface area contributed by atoms with Crippen molar-refractivity contribution in [2.45, 2.75) is 79.9 Å². The van der Waals surface area contributed by atoms with Gasteiger partial charge < -0.3 is 14.5 Å². The van der Waals surface area contributed by atoms with Crippen LogP contribution in [0.1, 0.15) is 74.0 Å². The molecular weight excluding hydrogens is 550 g/mol. The van der Waals surface area contributed by atoms with E-state index in [2.05, 4.69) is 110 Å². The largest absolute Gasteiger partial charge is 0.481 e. The first-order chi connectivity index (χ1) is 20.4. The van der Waals surface area contributed by atoms with E-state index >= 15 is 0 Å². The number of carboxylic acids is 1. The number of carbonyl (C=O) groups is 1. The van der Waals surface area contributed by atoms with Crippen molar-refractivity contribution in [3.63, 3.8) is 0 Å². The Hall–Kier alpha value is -3.54. The van der Waals surface area contributed by atoms with E-state index in [9.17, 15) is 9.90 Å². The second-order valence-electron chi connectivity index (χ2n) is 11.7. The molecule has 5 heteroatoms. The van der Waals surface area contributed by atoms with E-state index in [1.54, 1.807) is 32.7 Å². The van der Waals surface area contributed by atoms with E-state index in [4.69, 9.17) is 5.11 Å². The zero-order valence-electron chi connectivity index (χ0n) is 27.2. The molecule has 0 amide bonds. The van der Waals surface area contributed by atoms with Crippen molar-refractivity contribution >= 4 is 23.6 Å². The third-order valence-electron chi connectivity index (χ3n) is 7.33. The van der Waals surface area contributed by atoms with Crippen LogP contribution in [-0.4, -0.2) is 28.0 Å². The average Bonchev–Trinajstić information content (AvgIpc) is 2.97. The van der Waals surface area contributed by atoms with Crippen LogP contribution < -0.4 is 4.31 Å². The monoisotopic (exact) mass is 597 g/mol. The summed E-state index contributed by atoms with van der Waals surface area (Å²) >= 11 is 1.72. The zero-order valence-corrected chi connectivity index (χ0v) is 28.0. The summed E-state index contributed by atoms with van der Waals surface area (Å²) in [7, 11) is 0. The van der Waals surface area contributed by atoms with Gasteiger partial charge in [-0.3, -0.25) is 4.79 Å². The number of carboxylic acid groups (broad SMARTS) is 1. The fourth-order valence-corrected chi connectivity index (χ4v) is 6.53. The first-order valence-corrected chi connectivity index (χ1v) is 16.2. The van der Waals surface area contributed by atoms with Gasteiger partial charge in [-0.05, 0) is 92.5 Å². The summed E-state index contributed by atoms with van der Waals surface area (Å²) < 4.78 is 2.41. The van der Waals surface area contributed by atoms with E-state index < -0.39 is 11.6 Å². The molecule has 0 unspecified atom stereocenters. The molecule has 0 bridgehead atoms. The molecule has 0 saturated carbocycles. The minimum atomic E-state index is -0.807. The Morgan fingerprint density at radius 1 is 0.837 bits per heavy atom. The molecule has 0 aliphatic carbocycles. The zero-order chi connectivity index (χ0) is 31.9. The number of nitrogens with zero attached hydrogens (tertiary/aromatic N) is 1. The lowest BCUT2D eigenvalue weighted by molar-refractivity contribution is -0.136. The Kier molecular flexibility index (Phi) is 11.7. The van der Waals surface area contributed by atoms with Gasteiger partial charge in [-0.25, -0.2) is 0 Å². The van der Waals surface area contributed by atoms with Crippen molar-refractivity contribution in [2.24, 2.45) is 0 Å². The smallest absolute Gasteiger partial charge is 0.307 e. The third kappa shape index (κ3) is 8.10. The summed E-state index contributed by atoms with van der Waals surface area (Å²) in [6, 6.07) is 27.9. The maximum atomic E-state index is 12.1. The second kappa shape index (κ2) is 14.8. The van der Waals surface area contributed by atoms with Crippen LogP contribution in [0.25, 0.3) is 22.3 Å². The highest BCUT2D eigenvalue weighted by Crippen LogP contribution is 2.54. The molecule has 4 aromatic carbocycles. The van der Waals surface area contributed by atoms with Crippen molar-refractivity contribution in [3.05, 3.63) is 112 Å². The first-order valence-electron chi connectivity index (χ1n) is 15.0. The van der Waals surface area contributed by atoms with Gasteiger partial charge >= 0.3 is 5.97 Å². The normalized spacial score (nSPS) is 13.5. The topological polar surface area (TPSA) is 60.8 Å². The van der Waals surface area contributed by atoms with Gasteiger partial charge in [0.1, 0.15) is 0 Å². The van der Waals surface area contributed by atoms with Crippen LogP contribution in [0.5, 0.6) is 0 Å². The van der Waals surface area contributed by atoms with Gasteiger partial charge in [0.2, 0.25) is 0 Å². The number of aliphatic carboxylic acids is 1. The van der Waals surface area contributed by atoms with Crippen molar-refractivity contribution in [3.8, 4) is 22.3 Å². The Morgan fingerprint density at radius 3 is 1.95 bits per heavy atom. The minimum absolute atomic E-state index is 0.00359. The number of benzene rings is 4. The summed E-state index contributed by atoms with van der Waals surface area (Å²) in [5.74, 6) is -0.807. The SMILES string of the molecule is CC.CC(C)(C)O.CSN1c2c(C)c(CC(=O)O)c(-c3ccc(C)cc3)c(C)c2-c2ccccc2[C@@H]1Cc1ccccc1. The Morgan fingerprint density at radius 2 is 1.40 bits per heavy atom. The van der Waals surface area contributed by atoms with Gasteiger partial charge in [0.05, 0.1) is 23.8 Å². The second-order valence-corrected chi connectivity index (χ2v) is 12.5. The van der Waals surface area contributed by atoms with E-state index in [-0.39, 0.29) is 12.5 Å². The van der Waals surface area contributed by atoms with Crippen LogP contribution in [0.15, 0.2) is 78.9 Å². The van der Waals surface area contributed by atoms with Crippen molar-refractivity contribution in [1.29, 1.82) is 0 Å². The van der Waals surface area contributed by atoms with Crippen LogP contribution >= 0.6 is 11.9 Å². The fraction of sp³-hybridized carbons (Fsp3) is 0.342. The number of rotatable bonds is 6. The number of anilines is 1. The maximum absolute atomic E-state index is 12.1. The summed E-state index contributed by atoms with van der Waals surface area (Å²) in [4.78, 5) is 12.1. The lowest BCUT2D eigenvalue weighted by atomic mass is 9.78. The summed E-state index contributed by atoms with van der Waals surface area (Å²) in [6.45, 7) is 15.6. The van der Waals surface area contributed by atoms with Gasteiger partial charge in [0.25, 0.3) is 0 Å². The molecule has 0 saturated heterocycles. The fourth-order valence-electron chi connectivity index (χ4n) is 5.68. The Balaban J connectivity index is 0.000000657. The third-order valence-corrected chi connectivity index (χ3v) is 8.16. The number of fused-ring (bicyclic) bond motifs is 3. The highest BCUT2D eigenvalue weighted by atomic mass is 32.2. The van der Waals surface area contributed by atoms with Crippen LogP contribution in [0.4, 0.5) is 5.69 Å². The van der Waals surface area contributed by atoms with Crippen molar-refractivity contribution < 1.29 is 15.0 Å². The van der Waals surface area contributed by atoms with E-state index in [1.807, 2.05) is 13.8 Å². The molecule has 1 heterocycles. The maximum Gasteiger partial charge on any atom is 0.307 e. The molecular formula is C38H47NO3S. The molecule has 228 valence electrons. The molecule has 1 aliphatic rings. The predicted molar refractivity (Wildman–Crippen MR) is 185 cm³/mol. The first kappa shape index (κ1) is 34.0. The molecule has 4 nitrogen and oxygen atoms in total. The molecule has 0 radical (unpaired) electrons. The quantitative estimate of drug-likeness (QED) is 0.217. The molecule has 43 heavy (non-hydrogen) atoms. The molecule has 0 aromatic heterocycles. The molecule has 1 atom stereocenters. The molecule has 2 N–H and O–H groups in total. The summed E-state index contributed by atoms with van der Waals surface area (Å²) in [5.41, 5.74) is 12.1. The molecule has 5 rings (SSSR count). The van der Waals surface area contributed by atoms with E-state index in [0.717, 1.165) is 39.9 Å². The van der Waals surface area contributed by atoms with Gasteiger partial charge in [-0.1, -0.05) is 110 Å². The minimum Gasteiger partial charge on any atom is -0.481 e. The van der Waals surface area contributed by atoms with Gasteiger partial charge in [-0.15, -0.1) is 0 Å². The van der Waals surface area contributed by atoms with Gasteiger partial charge in [-0.2, -0.15) is 0 Å². The highest BCUT2D eigenvalue weighted by Gasteiger charge is 2.35. The van der Waals surface area contributed by atoms with Crippen LogP contribution in [-0.2, 0) is 17.6 Å². The number of hydrogen-bond donors (Lipinski definition) is 2.